The number of benzene rings is 1. The predicted octanol–water partition coefficient (Wildman–Crippen LogP) is 2.85. The second-order valence-electron chi connectivity index (χ2n) is 5.36. The number of halogens is 1. The largest absolute Gasteiger partial charge is 0.349 e. The van der Waals surface area contributed by atoms with Crippen LogP contribution in [-0.4, -0.2) is 17.3 Å². The van der Waals surface area contributed by atoms with Crippen LogP contribution >= 0.6 is 11.6 Å². The smallest absolute Gasteiger partial charge is 0.230 e. The van der Waals surface area contributed by atoms with Gasteiger partial charge in [-0.25, -0.2) is 0 Å². The van der Waals surface area contributed by atoms with E-state index in [9.17, 15) is 4.79 Å². The number of carbonyl (C=O) groups excluding carboxylic acids is 1. The molecule has 3 heteroatoms. The molecule has 1 N–H and O–H groups in total. The number of nitrogens with one attached hydrogen (secondary N) is 1. The maximum atomic E-state index is 12.3. The Morgan fingerprint density at radius 3 is 2.41 bits per heavy atom. The Labute approximate surface area is 107 Å². The molecule has 92 valence electrons. The highest BCUT2D eigenvalue weighted by Gasteiger charge is 2.45. The lowest BCUT2D eigenvalue weighted by atomic mass is 9.83. The molecule has 0 bridgehead atoms. The molecule has 0 aromatic heterocycles. The summed E-state index contributed by atoms with van der Waals surface area (Å²) < 4.78 is 0. The van der Waals surface area contributed by atoms with E-state index in [4.69, 9.17) is 11.6 Å². The first kappa shape index (κ1) is 12.4. The van der Waals surface area contributed by atoms with Crippen LogP contribution in [0, 0.1) is 0 Å². The molecular weight excluding hydrogens is 234 g/mol. The molecular formula is C14H18ClNO. The monoisotopic (exact) mass is 251 g/mol. The van der Waals surface area contributed by atoms with Crippen LogP contribution < -0.4 is 5.32 Å². The third-order valence-corrected chi connectivity index (χ3v) is 4.06. The van der Waals surface area contributed by atoms with Crippen LogP contribution in [-0.2, 0) is 10.2 Å². The zero-order valence-corrected chi connectivity index (χ0v) is 11.1. The minimum absolute atomic E-state index is 0.0573. The summed E-state index contributed by atoms with van der Waals surface area (Å²) in [5.74, 6) is 0.561. The van der Waals surface area contributed by atoms with Crippen molar-refractivity contribution in [2.45, 2.75) is 37.6 Å². The normalized spacial score (nSPS) is 17.6. The zero-order valence-electron chi connectivity index (χ0n) is 10.3. The van der Waals surface area contributed by atoms with Crippen LogP contribution in [0.3, 0.4) is 0 Å². The summed E-state index contributed by atoms with van der Waals surface area (Å²) in [6.07, 6.45) is 1.99. The molecule has 2 nitrogen and oxygen atoms in total. The summed E-state index contributed by atoms with van der Waals surface area (Å²) in [5, 5.41) is 3.08. The van der Waals surface area contributed by atoms with E-state index in [-0.39, 0.29) is 11.4 Å². The van der Waals surface area contributed by atoms with Gasteiger partial charge in [0, 0.05) is 5.88 Å². The SMILES string of the molecule is CC(C)(C(=O)NC1(CCl)CC1)c1ccccc1. The number of carbonyl (C=O) groups is 1. The molecule has 0 saturated heterocycles. The van der Waals surface area contributed by atoms with Crippen molar-refractivity contribution in [3.05, 3.63) is 35.9 Å². The standard InChI is InChI=1S/C14H18ClNO/c1-13(2,11-6-4-3-5-7-11)12(17)16-14(10-15)8-9-14/h3-7H,8-10H2,1-2H3,(H,16,17). The van der Waals surface area contributed by atoms with Crippen molar-refractivity contribution < 1.29 is 4.79 Å². The molecule has 1 amide bonds. The van der Waals surface area contributed by atoms with Crippen LogP contribution in [0.5, 0.6) is 0 Å². The fourth-order valence-electron chi connectivity index (χ4n) is 1.83. The lowest BCUT2D eigenvalue weighted by Crippen LogP contribution is -2.47. The Bertz CT molecular complexity index is 409. The van der Waals surface area contributed by atoms with Gasteiger partial charge < -0.3 is 5.32 Å². The Kier molecular flexibility index (Phi) is 3.17. The van der Waals surface area contributed by atoms with Crippen molar-refractivity contribution in [2.24, 2.45) is 0 Å². The topological polar surface area (TPSA) is 29.1 Å². The highest BCUT2D eigenvalue weighted by molar-refractivity contribution is 6.19. The molecule has 1 saturated carbocycles. The van der Waals surface area contributed by atoms with E-state index < -0.39 is 5.41 Å². The first-order valence-electron chi connectivity index (χ1n) is 5.94. The predicted molar refractivity (Wildman–Crippen MR) is 70.3 cm³/mol. The molecule has 0 heterocycles. The van der Waals surface area contributed by atoms with Crippen molar-refractivity contribution in [1.29, 1.82) is 0 Å². The quantitative estimate of drug-likeness (QED) is 0.820. The molecule has 0 atom stereocenters. The summed E-state index contributed by atoms with van der Waals surface area (Å²) in [6.45, 7) is 3.89. The number of hydrogen-bond donors (Lipinski definition) is 1. The van der Waals surface area contributed by atoms with Gasteiger partial charge in [-0.2, -0.15) is 0 Å². The van der Waals surface area contributed by atoms with Crippen LogP contribution in [0.4, 0.5) is 0 Å². The average molecular weight is 252 g/mol. The van der Waals surface area contributed by atoms with Crippen LogP contribution in [0.1, 0.15) is 32.3 Å². The zero-order chi connectivity index (χ0) is 12.5. The van der Waals surface area contributed by atoms with Gasteiger partial charge in [0.2, 0.25) is 5.91 Å². The van der Waals surface area contributed by atoms with Crippen LogP contribution in [0.15, 0.2) is 30.3 Å². The van der Waals surface area contributed by atoms with Gasteiger partial charge in [0.25, 0.3) is 0 Å². The first-order valence-corrected chi connectivity index (χ1v) is 6.48. The van der Waals surface area contributed by atoms with E-state index in [0.29, 0.717) is 5.88 Å². The van der Waals surface area contributed by atoms with Crippen molar-refractivity contribution in [3.8, 4) is 0 Å². The number of alkyl halides is 1. The minimum atomic E-state index is -0.511. The first-order chi connectivity index (χ1) is 8.00. The second-order valence-corrected chi connectivity index (χ2v) is 5.63. The molecule has 17 heavy (non-hydrogen) atoms. The lowest BCUT2D eigenvalue weighted by molar-refractivity contribution is -0.126. The minimum Gasteiger partial charge on any atom is -0.349 e. The molecule has 0 unspecified atom stereocenters. The van der Waals surface area contributed by atoms with Gasteiger partial charge in [0.05, 0.1) is 11.0 Å². The van der Waals surface area contributed by atoms with Crippen molar-refractivity contribution >= 4 is 17.5 Å². The summed E-state index contributed by atoms with van der Waals surface area (Å²) in [4.78, 5) is 12.3. The van der Waals surface area contributed by atoms with E-state index >= 15 is 0 Å². The molecule has 2 rings (SSSR count). The highest BCUT2D eigenvalue weighted by atomic mass is 35.5. The third-order valence-electron chi connectivity index (χ3n) is 3.55. The van der Waals surface area contributed by atoms with Gasteiger partial charge in [-0.3, -0.25) is 4.79 Å². The van der Waals surface area contributed by atoms with E-state index in [2.05, 4.69) is 5.32 Å². The molecule has 0 spiro atoms. The number of hydrogen-bond acceptors (Lipinski definition) is 1. The Hall–Kier alpha value is -1.02. The second kappa shape index (κ2) is 4.34. The van der Waals surface area contributed by atoms with Crippen molar-refractivity contribution in [2.75, 3.05) is 5.88 Å². The Morgan fingerprint density at radius 1 is 1.35 bits per heavy atom. The maximum absolute atomic E-state index is 12.3. The molecule has 1 aromatic carbocycles. The van der Waals surface area contributed by atoms with E-state index in [1.54, 1.807) is 0 Å². The maximum Gasteiger partial charge on any atom is 0.230 e. The molecule has 0 aliphatic heterocycles. The fraction of sp³-hybridized carbons (Fsp3) is 0.500. The molecule has 1 aliphatic carbocycles. The fourth-order valence-corrected chi connectivity index (χ4v) is 2.16. The molecule has 1 aliphatic rings. The van der Waals surface area contributed by atoms with Gasteiger partial charge in [-0.1, -0.05) is 30.3 Å². The summed E-state index contributed by atoms with van der Waals surface area (Å²) in [7, 11) is 0. The third kappa shape index (κ3) is 2.47. The molecule has 1 aromatic rings. The van der Waals surface area contributed by atoms with Crippen LogP contribution in [0.2, 0.25) is 0 Å². The molecule has 0 radical (unpaired) electrons. The Balaban J connectivity index is 2.13. The lowest BCUT2D eigenvalue weighted by Gasteiger charge is -2.27. The van der Waals surface area contributed by atoms with Gasteiger partial charge in [0.1, 0.15) is 0 Å². The summed E-state index contributed by atoms with van der Waals surface area (Å²) >= 11 is 5.88. The summed E-state index contributed by atoms with van der Waals surface area (Å²) in [5.41, 5.74) is 0.385. The van der Waals surface area contributed by atoms with Gasteiger partial charge >= 0.3 is 0 Å². The van der Waals surface area contributed by atoms with Crippen LogP contribution in [0.25, 0.3) is 0 Å². The van der Waals surface area contributed by atoms with Crippen molar-refractivity contribution in [3.63, 3.8) is 0 Å². The van der Waals surface area contributed by atoms with Gasteiger partial charge in [0.15, 0.2) is 0 Å². The number of amides is 1. The summed E-state index contributed by atoms with van der Waals surface area (Å²) in [6, 6.07) is 9.84. The highest BCUT2D eigenvalue weighted by Crippen LogP contribution is 2.37. The van der Waals surface area contributed by atoms with Crippen molar-refractivity contribution in [1.82, 2.24) is 5.32 Å². The van der Waals surface area contributed by atoms with Gasteiger partial charge in [-0.05, 0) is 32.3 Å². The van der Waals surface area contributed by atoms with E-state index in [0.717, 1.165) is 18.4 Å². The van der Waals surface area contributed by atoms with E-state index in [1.807, 2.05) is 44.2 Å². The molecule has 1 fully saturated rings. The number of rotatable bonds is 4. The van der Waals surface area contributed by atoms with E-state index in [1.165, 1.54) is 0 Å². The Morgan fingerprint density at radius 2 is 1.94 bits per heavy atom. The van der Waals surface area contributed by atoms with Gasteiger partial charge in [-0.15, -0.1) is 11.6 Å². The average Bonchev–Trinajstić information content (AvgIpc) is 3.10.